The summed E-state index contributed by atoms with van der Waals surface area (Å²) in [7, 11) is 1.60. The highest BCUT2D eigenvalue weighted by Gasteiger charge is 2.33. The number of rotatable bonds is 4. The van der Waals surface area contributed by atoms with Crippen LogP contribution in [0.5, 0.6) is 0 Å². The number of aromatic nitrogens is 2. The number of aliphatic imine (C=N–C) groups is 1. The molecule has 0 saturated heterocycles. The van der Waals surface area contributed by atoms with Gasteiger partial charge in [-0.1, -0.05) is 0 Å². The second-order valence-electron chi connectivity index (χ2n) is 4.65. The van der Waals surface area contributed by atoms with Gasteiger partial charge in [0.2, 0.25) is 0 Å². The molecule has 0 aliphatic carbocycles. The van der Waals surface area contributed by atoms with Crippen LogP contribution in [0.3, 0.4) is 0 Å². The molecule has 0 atom stereocenters. The van der Waals surface area contributed by atoms with Crippen LogP contribution in [-0.4, -0.2) is 23.0 Å². The Morgan fingerprint density at radius 1 is 1.21 bits per heavy atom. The molecule has 11 heteroatoms. The SMILES string of the molecule is CN=C(NCc1nc(C(F)(F)F)cs1)NCc1sc(C)nc1C.I. The van der Waals surface area contributed by atoms with E-state index in [1.165, 1.54) is 0 Å². The molecule has 0 aromatic carbocycles. The van der Waals surface area contributed by atoms with Crippen molar-refractivity contribution in [3.8, 4) is 0 Å². The van der Waals surface area contributed by atoms with Crippen molar-refractivity contribution in [3.05, 3.63) is 31.7 Å². The van der Waals surface area contributed by atoms with E-state index in [4.69, 9.17) is 0 Å². The average molecular weight is 491 g/mol. The third kappa shape index (κ3) is 5.84. The van der Waals surface area contributed by atoms with Crippen LogP contribution in [0.15, 0.2) is 10.4 Å². The average Bonchev–Trinajstić information content (AvgIpc) is 3.05. The number of thiazole rings is 2. The summed E-state index contributed by atoms with van der Waals surface area (Å²) in [6.45, 7) is 4.61. The molecule has 2 heterocycles. The fourth-order valence-electron chi connectivity index (χ4n) is 1.80. The molecular formula is C13H17F3IN5S2. The number of alkyl halides is 3. The molecular weight excluding hydrogens is 474 g/mol. The van der Waals surface area contributed by atoms with E-state index in [2.05, 4.69) is 25.6 Å². The summed E-state index contributed by atoms with van der Waals surface area (Å²) in [6.07, 6.45) is -4.41. The van der Waals surface area contributed by atoms with Gasteiger partial charge < -0.3 is 10.6 Å². The molecule has 2 aromatic heterocycles. The maximum Gasteiger partial charge on any atom is 0.434 e. The number of halogens is 4. The van der Waals surface area contributed by atoms with E-state index in [1.54, 1.807) is 18.4 Å². The van der Waals surface area contributed by atoms with Gasteiger partial charge in [-0.3, -0.25) is 4.99 Å². The molecule has 0 aliphatic rings. The van der Waals surface area contributed by atoms with Crippen molar-refractivity contribution in [2.24, 2.45) is 4.99 Å². The van der Waals surface area contributed by atoms with E-state index in [0.717, 1.165) is 32.3 Å². The van der Waals surface area contributed by atoms with Crippen LogP contribution in [0.2, 0.25) is 0 Å². The van der Waals surface area contributed by atoms with Gasteiger partial charge >= 0.3 is 6.18 Å². The maximum absolute atomic E-state index is 12.5. The molecule has 0 bridgehead atoms. The first-order valence-electron chi connectivity index (χ1n) is 6.68. The van der Waals surface area contributed by atoms with Crippen LogP contribution < -0.4 is 10.6 Å². The van der Waals surface area contributed by atoms with Gasteiger partial charge in [-0.25, -0.2) is 9.97 Å². The molecule has 0 radical (unpaired) electrons. The highest BCUT2D eigenvalue weighted by atomic mass is 127. The zero-order chi connectivity index (χ0) is 17.0. The number of guanidine groups is 1. The van der Waals surface area contributed by atoms with Crippen molar-refractivity contribution in [1.29, 1.82) is 0 Å². The van der Waals surface area contributed by atoms with E-state index >= 15 is 0 Å². The van der Waals surface area contributed by atoms with E-state index in [1.807, 2.05) is 13.8 Å². The number of nitrogens with zero attached hydrogens (tertiary/aromatic N) is 3. The lowest BCUT2D eigenvalue weighted by molar-refractivity contribution is -0.140. The Labute approximate surface area is 162 Å². The lowest BCUT2D eigenvalue weighted by Gasteiger charge is -2.10. The van der Waals surface area contributed by atoms with E-state index in [0.29, 0.717) is 17.5 Å². The normalized spacial score (nSPS) is 12.0. The van der Waals surface area contributed by atoms with Gasteiger partial charge in [0, 0.05) is 17.3 Å². The van der Waals surface area contributed by atoms with Crippen molar-refractivity contribution >= 4 is 52.6 Å². The predicted octanol–water partition coefficient (Wildman–Crippen LogP) is 3.72. The van der Waals surface area contributed by atoms with Gasteiger partial charge in [-0.05, 0) is 13.8 Å². The molecule has 0 saturated carbocycles. The summed E-state index contributed by atoms with van der Waals surface area (Å²) in [5, 5.41) is 8.41. The number of hydrogen-bond donors (Lipinski definition) is 2. The van der Waals surface area contributed by atoms with Crippen molar-refractivity contribution in [1.82, 2.24) is 20.6 Å². The summed E-state index contributed by atoms with van der Waals surface area (Å²) >= 11 is 2.56. The molecule has 0 aliphatic heterocycles. The molecule has 5 nitrogen and oxygen atoms in total. The van der Waals surface area contributed by atoms with Gasteiger partial charge in [0.1, 0.15) is 5.01 Å². The minimum absolute atomic E-state index is 0. The van der Waals surface area contributed by atoms with Gasteiger partial charge in [-0.15, -0.1) is 46.7 Å². The molecule has 134 valence electrons. The van der Waals surface area contributed by atoms with Crippen LogP contribution in [-0.2, 0) is 19.3 Å². The molecule has 0 spiro atoms. The van der Waals surface area contributed by atoms with E-state index in [9.17, 15) is 13.2 Å². The Bertz CT molecular complexity index is 696. The van der Waals surface area contributed by atoms with Crippen LogP contribution in [0.1, 0.15) is 26.3 Å². The second kappa shape index (κ2) is 8.94. The van der Waals surface area contributed by atoms with Crippen molar-refractivity contribution in [2.75, 3.05) is 7.05 Å². The fourth-order valence-corrected chi connectivity index (χ4v) is 3.42. The number of nitrogens with one attached hydrogen (secondary N) is 2. The third-order valence-electron chi connectivity index (χ3n) is 2.89. The molecule has 24 heavy (non-hydrogen) atoms. The summed E-state index contributed by atoms with van der Waals surface area (Å²) < 4.78 is 37.5. The highest BCUT2D eigenvalue weighted by molar-refractivity contribution is 14.0. The quantitative estimate of drug-likeness (QED) is 0.389. The molecule has 0 amide bonds. The van der Waals surface area contributed by atoms with Crippen LogP contribution in [0.25, 0.3) is 0 Å². The standard InChI is InChI=1S/C13H16F3N5S2.HI/c1-7-9(23-8(2)20-7)4-18-12(17-3)19-5-11-21-10(6-22-11)13(14,15)16;/h6H,4-5H2,1-3H3,(H2,17,18,19);1H. The van der Waals surface area contributed by atoms with Crippen molar-refractivity contribution in [3.63, 3.8) is 0 Å². The zero-order valence-electron chi connectivity index (χ0n) is 13.2. The van der Waals surface area contributed by atoms with E-state index < -0.39 is 11.9 Å². The Hall–Kier alpha value is -0.950. The lowest BCUT2D eigenvalue weighted by atomic mass is 10.4. The lowest BCUT2D eigenvalue weighted by Crippen LogP contribution is -2.36. The second-order valence-corrected chi connectivity index (χ2v) is 6.88. The maximum atomic E-state index is 12.5. The molecule has 2 rings (SSSR count). The van der Waals surface area contributed by atoms with Gasteiger partial charge in [0.15, 0.2) is 11.7 Å². The summed E-state index contributed by atoms with van der Waals surface area (Å²) in [4.78, 5) is 13.0. The Balaban J connectivity index is 0.00000288. The molecule has 0 fully saturated rings. The molecule has 2 N–H and O–H groups in total. The minimum atomic E-state index is -4.41. The van der Waals surface area contributed by atoms with Crippen LogP contribution in [0.4, 0.5) is 13.2 Å². The summed E-state index contributed by atoms with van der Waals surface area (Å²) in [6, 6.07) is 0. The van der Waals surface area contributed by atoms with Gasteiger partial charge in [0.05, 0.1) is 23.8 Å². The Morgan fingerprint density at radius 2 is 1.88 bits per heavy atom. The highest BCUT2D eigenvalue weighted by Crippen LogP contribution is 2.29. The zero-order valence-corrected chi connectivity index (χ0v) is 17.2. The number of aryl methyl sites for hydroxylation is 2. The topological polar surface area (TPSA) is 62.2 Å². The van der Waals surface area contributed by atoms with Crippen LogP contribution in [0, 0.1) is 13.8 Å². The Morgan fingerprint density at radius 3 is 2.38 bits per heavy atom. The third-order valence-corrected chi connectivity index (χ3v) is 4.81. The van der Waals surface area contributed by atoms with Crippen LogP contribution >= 0.6 is 46.7 Å². The Kier molecular flexibility index (Phi) is 7.86. The van der Waals surface area contributed by atoms with Gasteiger partial charge in [-0.2, -0.15) is 13.2 Å². The summed E-state index contributed by atoms with van der Waals surface area (Å²) in [5.74, 6) is 0.499. The van der Waals surface area contributed by atoms with E-state index in [-0.39, 0.29) is 30.5 Å². The number of hydrogen-bond acceptors (Lipinski definition) is 5. The first kappa shape index (κ1) is 21.1. The van der Waals surface area contributed by atoms with Crippen molar-refractivity contribution in [2.45, 2.75) is 33.1 Å². The monoisotopic (exact) mass is 491 g/mol. The smallest absolute Gasteiger partial charge is 0.351 e. The van der Waals surface area contributed by atoms with Crippen molar-refractivity contribution < 1.29 is 13.2 Å². The fraction of sp³-hybridized carbons (Fsp3) is 0.462. The first-order chi connectivity index (χ1) is 10.8. The summed E-state index contributed by atoms with van der Waals surface area (Å²) in [5.41, 5.74) is 0.100. The molecule has 0 unspecified atom stereocenters. The van der Waals surface area contributed by atoms with Gasteiger partial charge in [0.25, 0.3) is 0 Å². The largest absolute Gasteiger partial charge is 0.434 e. The first-order valence-corrected chi connectivity index (χ1v) is 8.38. The molecule has 2 aromatic rings. The minimum Gasteiger partial charge on any atom is -0.351 e. The predicted molar refractivity (Wildman–Crippen MR) is 101 cm³/mol.